The number of halogens is 2. The molecule has 0 atom stereocenters. The highest BCUT2D eigenvalue weighted by molar-refractivity contribution is 9.10. The van der Waals surface area contributed by atoms with Crippen molar-refractivity contribution in [3.63, 3.8) is 0 Å². The second-order valence-corrected chi connectivity index (χ2v) is 9.89. The van der Waals surface area contributed by atoms with Crippen LogP contribution in [0.15, 0.2) is 101 Å². The van der Waals surface area contributed by atoms with E-state index in [1.165, 1.54) is 6.08 Å². The van der Waals surface area contributed by atoms with E-state index >= 15 is 0 Å². The Bertz CT molecular complexity index is 1520. The van der Waals surface area contributed by atoms with E-state index in [2.05, 4.69) is 21.2 Å². The molecule has 0 fully saturated rings. The number of rotatable bonds is 11. The van der Waals surface area contributed by atoms with Crippen molar-refractivity contribution in [1.82, 2.24) is 0 Å². The average Bonchev–Trinajstić information content (AvgIpc) is 2.96. The Kier molecular flexibility index (Phi) is 10.2. The minimum absolute atomic E-state index is 0.0615. The second kappa shape index (κ2) is 14.2. The standard InChI is InChI=1S/C32H26BrClN2O4/c1-2-38-30-18-24(17-29(33)31(30)40-21-23-8-10-26(34)11-9-23)16-25(19-35)32(37)36-27-12-14-28(15-13-27)39-20-22-6-4-3-5-7-22/h3-18H,2,20-21H2,1H3,(H,36,37)/b25-16+. The maximum atomic E-state index is 12.9. The molecule has 0 saturated heterocycles. The van der Waals surface area contributed by atoms with Crippen molar-refractivity contribution in [3.8, 4) is 23.3 Å². The number of carbonyl (C=O) groups is 1. The quantitative estimate of drug-likeness (QED) is 0.136. The fourth-order valence-corrected chi connectivity index (χ4v) is 4.40. The SMILES string of the molecule is CCOc1cc(/C=C(\C#N)C(=O)Nc2ccc(OCc3ccccc3)cc2)cc(Br)c1OCc1ccc(Cl)cc1. The van der Waals surface area contributed by atoms with E-state index in [0.717, 1.165) is 11.1 Å². The monoisotopic (exact) mass is 616 g/mol. The van der Waals surface area contributed by atoms with Crippen LogP contribution in [0.25, 0.3) is 6.08 Å². The average molecular weight is 618 g/mol. The molecule has 1 N–H and O–H groups in total. The van der Waals surface area contributed by atoms with E-state index in [9.17, 15) is 10.1 Å². The van der Waals surface area contributed by atoms with Crippen molar-refractivity contribution in [2.75, 3.05) is 11.9 Å². The van der Waals surface area contributed by atoms with E-state index in [4.69, 9.17) is 25.8 Å². The van der Waals surface area contributed by atoms with E-state index in [1.807, 2.05) is 55.5 Å². The van der Waals surface area contributed by atoms with Gasteiger partial charge >= 0.3 is 0 Å². The van der Waals surface area contributed by atoms with Gasteiger partial charge in [0.25, 0.3) is 5.91 Å². The minimum Gasteiger partial charge on any atom is -0.490 e. The Morgan fingerprint density at radius 1 is 0.925 bits per heavy atom. The van der Waals surface area contributed by atoms with Gasteiger partial charge < -0.3 is 19.5 Å². The molecule has 0 unspecified atom stereocenters. The van der Waals surface area contributed by atoms with Crippen molar-refractivity contribution >= 4 is 45.2 Å². The van der Waals surface area contributed by atoms with Crippen LogP contribution in [0, 0.1) is 11.3 Å². The van der Waals surface area contributed by atoms with Gasteiger partial charge in [0, 0.05) is 10.7 Å². The Labute approximate surface area is 246 Å². The zero-order chi connectivity index (χ0) is 28.3. The van der Waals surface area contributed by atoms with Gasteiger partial charge in [-0.25, -0.2) is 0 Å². The van der Waals surface area contributed by atoms with Crippen LogP contribution < -0.4 is 19.5 Å². The van der Waals surface area contributed by atoms with Gasteiger partial charge in [-0.1, -0.05) is 54.1 Å². The summed E-state index contributed by atoms with van der Waals surface area (Å²) in [7, 11) is 0. The summed E-state index contributed by atoms with van der Waals surface area (Å²) in [4.78, 5) is 12.9. The van der Waals surface area contributed by atoms with Gasteiger partial charge in [-0.15, -0.1) is 0 Å². The summed E-state index contributed by atoms with van der Waals surface area (Å²) in [6.07, 6.45) is 1.50. The van der Waals surface area contributed by atoms with Gasteiger partial charge in [0.15, 0.2) is 11.5 Å². The Morgan fingerprint density at radius 3 is 2.27 bits per heavy atom. The number of amides is 1. The van der Waals surface area contributed by atoms with E-state index in [0.29, 0.717) is 57.8 Å². The van der Waals surface area contributed by atoms with Crippen LogP contribution >= 0.6 is 27.5 Å². The first-order valence-electron chi connectivity index (χ1n) is 12.5. The summed E-state index contributed by atoms with van der Waals surface area (Å²) < 4.78 is 18.2. The topological polar surface area (TPSA) is 80.6 Å². The zero-order valence-corrected chi connectivity index (χ0v) is 24.0. The summed E-state index contributed by atoms with van der Waals surface area (Å²) in [5, 5.41) is 13.1. The molecule has 1 amide bonds. The molecule has 8 heteroatoms. The van der Waals surface area contributed by atoms with E-state index in [1.54, 1.807) is 48.5 Å². The van der Waals surface area contributed by atoms with Gasteiger partial charge in [-0.3, -0.25) is 4.79 Å². The van der Waals surface area contributed by atoms with Crippen molar-refractivity contribution < 1.29 is 19.0 Å². The highest BCUT2D eigenvalue weighted by Crippen LogP contribution is 2.38. The molecule has 0 aliphatic rings. The Hall–Kier alpha value is -4.25. The van der Waals surface area contributed by atoms with Gasteiger partial charge in [-0.2, -0.15) is 5.26 Å². The summed E-state index contributed by atoms with van der Waals surface area (Å²) in [6.45, 7) is 3.03. The van der Waals surface area contributed by atoms with E-state index < -0.39 is 5.91 Å². The number of nitriles is 1. The Morgan fingerprint density at radius 2 is 1.60 bits per heavy atom. The number of benzene rings is 4. The third-order valence-corrected chi connectivity index (χ3v) is 6.51. The van der Waals surface area contributed by atoms with Crippen molar-refractivity contribution in [3.05, 3.63) is 123 Å². The predicted molar refractivity (Wildman–Crippen MR) is 161 cm³/mol. The first-order chi connectivity index (χ1) is 19.4. The maximum Gasteiger partial charge on any atom is 0.266 e. The third kappa shape index (κ3) is 8.12. The molecule has 4 rings (SSSR count). The van der Waals surface area contributed by atoms with Crippen LogP contribution in [-0.4, -0.2) is 12.5 Å². The number of nitrogens with zero attached hydrogens (tertiary/aromatic N) is 1. The van der Waals surface area contributed by atoms with Gasteiger partial charge in [0.05, 0.1) is 11.1 Å². The number of hydrogen-bond acceptors (Lipinski definition) is 5. The third-order valence-electron chi connectivity index (χ3n) is 5.66. The summed E-state index contributed by atoms with van der Waals surface area (Å²) in [6, 6.07) is 29.7. The van der Waals surface area contributed by atoms with Gasteiger partial charge in [-0.05, 0) is 94.2 Å². The van der Waals surface area contributed by atoms with Crippen LogP contribution in [0.1, 0.15) is 23.6 Å². The van der Waals surface area contributed by atoms with Crippen molar-refractivity contribution in [2.24, 2.45) is 0 Å². The molecule has 0 aliphatic carbocycles. The number of hydrogen-bond donors (Lipinski definition) is 1. The molecule has 202 valence electrons. The normalized spacial score (nSPS) is 10.9. The summed E-state index contributed by atoms with van der Waals surface area (Å²) in [5.41, 5.74) is 3.09. The first-order valence-corrected chi connectivity index (χ1v) is 13.7. The molecule has 0 spiro atoms. The smallest absolute Gasteiger partial charge is 0.266 e. The lowest BCUT2D eigenvalue weighted by atomic mass is 10.1. The highest BCUT2D eigenvalue weighted by atomic mass is 79.9. The van der Waals surface area contributed by atoms with Gasteiger partial charge in [0.1, 0.15) is 30.6 Å². The molecular weight excluding hydrogens is 592 g/mol. The number of ether oxygens (including phenoxy) is 3. The first kappa shape index (κ1) is 28.8. The molecule has 0 aliphatic heterocycles. The van der Waals surface area contributed by atoms with Crippen LogP contribution in [-0.2, 0) is 18.0 Å². The minimum atomic E-state index is -0.530. The van der Waals surface area contributed by atoms with Crippen LogP contribution in [0.5, 0.6) is 17.2 Å². The van der Waals surface area contributed by atoms with E-state index in [-0.39, 0.29) is 5.57 Å². The summed E-state index contributed by atoms with van der Waals surface area (Å²) >= 11 is 9.51. The van der Waals surface area contributed by atoms with Crippen molar-refractivity contribution in [1.29, 1.82) is 5.26 Å². The molecule has 4 aromatic rings. The molecular formula is C32H26BrClN2O4. The molecule has 0 saturated carbocycles. The maximum absolute atomic E-state index is 12.9. The van der Waals surface area contributed by atoms with Crippen LogP contribution in [0.4, 0.5) is 5.69 Å². The molecule has 0 radical (unpaired) electrons. The predicted octanol–water partition coefficient (Wildman–Crippen LogP) is 8.20. The fraction of sp³-hybridized carbons (Fsp3) is 0.125. The Balaban J connectivity index is 1.44. The zero-order valence-electron chi connectivity index (χ0n) is 21.7. The molecule has 6 nitrogen and oxygen atoms in total. The fourth-order valence-electron chi connectivity index (χ4n) is 3.70. The molecule has 0 bridgehead atoms. The lowest BCUT2D eigenvalue weighted by Gasteiger charge is -2.15. The molecule has 40 heavy (non-hydrogen) atoms. The number of carbonyl (C=O) groups excluding carboxylic acids is 1. The van der Waals surface area contributed by atoms with Gasteiger partial charge in [0.2, 0.25) is 0 Å². The van der Waals surface area contributed by atoms with Crippen LogP contribution in [0.3, 0.4) is 0 Å². The second-order valence-electron chi connectivity index (χ2n) is 8.60. The summed E-state index contributed by atoms with van der Waals surface area (Å²) in [5.74, 6) is 1.15. The highest BCUT2D eigenvalue weighted by Gasteiger charge is 2.15. The molecule has 0 aromatic heterocycles. The molecule has 0 heterocycles. The lowest BCUT2D eigenvalue weighted by molar-refractivity contribution is -0.112. The lowest BCUT2D eigenvalue weighted by Crippen LogP contribution is -2.13. The van der Waals surface area contributed by atoms with Crippen molar-refractivity contribution in [2.45, 2.75) is 20.1 Å². The van der Waals surface area contributed by atoms with Crippen LogP contribution in [0.2, 0.25) is 5.02 Å². The number of nitrogens with one attached hydrogen (secondary N) is 1. The molecule has 4 aromatic carbocycles. The largest absolute Gasteiger partial charge is 0.490 e. The number of anilines is 1.